The molecule has 4 heteroatoms. The van der Waals surface area contributed by atoms with Crippen LogP contribution in [0.3, 0.4) is 0 Å². The molecule has 28 heavy (non-hydrogen) atoms. The molecule has 0 atom stereocenters. The summed E-state index contributed by atoms with van der Waals surface area (Å²) in [5.41, 5.74) is 4.47. The summed E-state index contributed by atoms with van der Waals surface area (Å²) in [7, 11) is 0. The summed E-state index contributed by atoms with van der Waals surface area (Å²) >= 11 is 0. The minimum atomic E-state index is 0.708. The third-order valence-corrected chi connectivity index (χ3v) is 4.42. The second-order valence-corrected chi connectivity index (χ2v) is 6.58. The molecule has 1 heterocycles. The minimum absolute atomic E-state index is 0.708. The summed E-state index contributed by atoms with van der Waals surface area (Å²) < 4.78 is 1.93. The average Bonchev–Trinajstić information content (AvgIpc) is 3.20. The fourth-order valence-electron chi connectivity index (χ4n) is 2.99. The van der Waals surface area contributed by atoms with E-state index in [2.05, 4.69) is 53.6 Å². The van der Waals surface area contributed by atoms with Crippen LogP contribution in [0, 0.1) is 0 Å². The number of benzene rings is 3. The molecule has 0 unspecified atom stereocenters. The third-order valence-electron chi connectivity index (χ3n) is 4.42. The van der Waals surface area contributed by atoms with E-state index in [1.54, 1.807) is 0 Å². The SMILES string of the molecule is C(=N/N(Cc1ccccc1)c1ccccc1)/c1cnn(Cc2ccccc2)c1. The van der Waals surface area contributed by atoms with Crippen LogP contribution in [0.15, 0.2) is 108 Å². The molecule has 0 amide bonds. The van der Waals surface area contributed by atoms with Gasteiger partial charge in [-0.15, -0.1) is 0 Å². The molecule has 0 fully saturated rings. The van der Waals surface area contributed by atoms with Crippen LogP contribution in [-0.2, 0) is 13.1 Å². The Morgan fingerprint density at radius 3 is 2.07 bits per heavy atom. The van der Waals surface area contributed by atoms with Gasteiger partial charge in [-0.2, -0.15) is 10.2 Å². The van der Waals surface area contributed by atoms with Crippen LogP contribution < -0.4 is 5.01 Å². The summed E-state index contributed by atoms with van der Waals surface area (Å²) in [6.07, 6.45) is 5.73. The highest BCUT2D eigenvalue weighted by Crippen LogP contribution is 2.17. The lowest BCUT2D eigenvalue weighted by atomic mass is 10.2. The maximum absolute atomic E-state index is 4.73. The highest BCUT2D eigenvalue weighted by atomic mass is 15.4. The maximum Gasteiger partial charge on any atom is 0.0666 e. The van der Waals surface area contributed by atoms with Crippen molar-refractivity contribution < 1.29 is 0 Å². The molecule has 4 nitrogen and oxygen atoms in total. The highest BCUT2D eigenvalue weighted by molar-refractivity contribution is 5.79. The van der Waals surface area contributed by atoms with Crippen molar-refractivity contribution in [2.75, 3.05) is 5.01 Å². The Morgan fingerprint density at radius 1 is 0.786 bits per heavy atom. The van der Waals surface area contributed by atoms with Crippen LogP contribution in [0.2, 0.25) is 0 Å². The summed E-state index contributed by atoms with van der Waals surface area (Å²) in [5.74, 6) is 0. The lowest BCUT2D eigenvalue weighted by molar-refractivity contribution is 0.687. The second kappa shape index (κ2) is 8.82. The Morgan fingerprint density at radius 2 is 1.39 bits per heavy atom. The number of rotatable bonds is 7. The van der Waals surface area contributed by atoms with Crippen molar-refractivity contribution in [3.63, 3.8) is 0 Å². The predicted molar refractivity (Wildman–Crippen MR) is 114 cm³/mol. The van der Waals surface area contributed by atoms with Crippen LogP contribution >= 0.6 is 0 Å². The van der Waals surface area contributed by atoms with Crippen molar-refractivity contribution in [3.8, 4) is 0 Å². The highest BCUT2D eigenvalue weighted by Gasteiger charge is 2.06. The predicted octanol–water partition coefficient (Wildman–Crippen LogP) is 4.97. The zero-order chi connectivity index (χ0) is 19.0. The molecule has 3 aromatic carbocycles. The Labute approximate surface area is 165 Å². The van der Waals surface area contributed by atoms with E-state index in [1.165, 1.54) is 11.1 Å². The number of aromatic nitrogens is 2. The molecule has 0 aliphatic rings. The summed E-state index contributed by atoms with van der Waals surface area (Å²) in [6.45, 7) is 1.46. The van der Waals surface area contributed by atoms with Gasteiger partial charge in [0.2, 0.25) is 0 Å². The smallest absolute Gasteiger partial charge is 0.0666 e. The quantitative estimate of drug-likeness (QED) is 0.342. The minimum Gasteiger partial charge on any atom is -0.268 e. The molecular formula is C24H22N4. The molecule has 1 aromatic heterocycles. The molecule has 0 saturated carbocycles. The monoisotopic (exact) mass is 366 g/mol. The first-order valence-electron chi connectivity index (χ1n) is 9.34. The molecule has 4 rings (SSSR count). The van der Waals surface area contributed by atoms with Gasteiger partial charge in [-0.05, 0) is 23.3 Å². The fourth-order valence-corrected chi connectivity index (χ4v) is 2.99. The van der Waals surface area contributed by atoms with Crippen molar-refractivity contribution in [2.24, 2.45) is 5.10 Å². The summed E-state index contributed by atoms with van der Waals surface area (Å²) in [6, 6.07) is 30.9. The summed E-state index contributed by atoms with van der Waals surface area (Å²) in [5, 5.41) is 11.2. The average molecular weight is 366 g/mol. The molecule has 0 aliphatic heterocycles. The topological polar surface area (TPSA) is 33.4 Å². The second-order valence-electron chi connectivity index (χ2n) is 6.58. The largest absolute Gasteiger partial charge is 0.268 e. The number of nitrogens with zero attached hydrogens (tertiary/aromatic N) is 4. The molecule has 0 N–H and O–H groups in total. The van der Waals surface area contributed by atoms with Gasteiger partial charge in [-0.25, -0.2) is 0 Å². The van der Waals surface area contributed by atoms with Crippen molar-refractivity contribution >= 4 is 11.9 Å². The molecule has 4 aromatic rings. The number of hydrogen-bond acceptors (Lipinski definition) is 3. The van der Waals surface area contributed by atoms with Gasteiger partial charge in [0.15, 0.2) is 0 Å². The molecule has 0 bridgehead atoms. The fraction of sp³-hybridized carbons (Fsp3) is 0.0833. The van der Waals surface area contributed by atoms with Gasteiger partial charge < -0.3 is 0 Å². The van der Waals surface area contributed by atoms with E-state index >= 15 is 0 Å². The zero-order valence-corrected chi connectivity index (χ0v) is 15.6. The van der Waals surface area contributed by atoms with Crippen molar-refractivity contribution in [2.45, 2.75) is 13.1 Å². The molecule has 0 spiro atoms. The normalized spacial score (nSPS) is 11.0. The summed E-state index contributed by atoms with van der Waals surface area (Å²) in [4.78, 5) is 0. The Balaban J connectivity index is 1.51. The van der Waals surface area contributed by atoms with Gasteiger partial charge in [-0.3, -0.25) is 9.69 Å². The molecular weight excluding hydrogens is 344 g/mol. The first-order valence-corrected chi connectivity index (χ1v) is 9.34. The maximum atomic E-state index is 4.73. The zero-order valence-electron chi connectivity index (χ0n) is 15.6. The van der Waals surface area contributed by atoms with E-state index in [4.69, 9.17) is 5.10 Å². The number of hydrazone groups is 1. The number of anilines is 1. The van der Waals surface area contributed by atoms with Gasteiger partial charge in [0.1, 0.15) is 0 Å². The Kier molecular flexibility index (Phi) is 5.59. The lowest BCUT2D eigenvalue weighted by Gasteiger charge is -2.19. The van der Waals surface area contributed by atoms with E-state index in [1.807, 2.05) is 70.8 Å². The third kappa shape index (κ3) is 4.74. The van der Waals surface area contributed by atoms with Crippen molar-refractivity contribution in [3.05, 3.63) is 120 Å². The van der Waals surface area contributed by atoms with Gasteiger partial charge in [-0.1, -0.05) is 78.9 Å². The number of hydrogen-bond donors (Lipinski definition) is 0. The van der Waals surface area contributed by atoms with Crippen molar-refractivity contribution in [1.82, 2.24) is 9.78 Å². The van der Waals surface area contributed by atoms with E-state index in [-0.39, 0.29) is 0 Å². The lowest BCUT2D eigenvalue weighted by Crippen LogP contribution is -2.15. The Hall–Kier alpha value is -3.66. The molecule has 0 saturated heterocycles. The van der Waals surface area contributed by atoms with E-state index in [0.717, 1.165) is 17.8 Å². The Bertz CT molecular complexity index is 1010. The van der Waals surface area contributed by atoms with E-state index < -0.39 is 0 Å². The van der Waals surface area contributed by atoms with Crippen LogP contribution in [0.4, 0.5) is 5.69 Å². The van der Waals surface area contributed by atoms with Crippen LogP contribution in [-0.4, -0.2) is 16.0 Å². The van der Waals surface area contributed by atoms with E-state index in [0.29, 0.717) is 6.54 Å². The van der Waals surface area contributed by atoms with E-state index in [9.17, 15) is 0 Å². The number of para-hydroxylation sites is 1. The first kappa shape index (κ1) is 17.7. The van der Waals surface area contributed by atoms with Gasteiger partial charge in [0, 0.05) is 11.8 Å². The molecule has 0 radical (unpaired) electrons. The molecule has 0 aliphatic carbocycles. The van der Waals surface area contributed by atoms with Crippen LogP contribution in [0.25, 0.3) is 0 Å². The van der Waals surface area contributed by atoms with Gasteiger partial charge in [0.05, 0.1) is 31.2 Å². The van der Waals surface area contributed by atoms with Crippen LogP contribution in [0.1, 0.15) is 16.7 Å². The van der Waals surface area contributed by atoms with Crippen molar-refractivity contribution in [1.29, 1.82) is 0 Å². The first-order chi connectivity index (χ1) is 13.9. The van der Waals surface area contributed by atoms with Crippen LogP contribution in [0.5, 0.6) is 0 Å². The standard InChI is InChI=1S/C24H22N4/c1-4-10-21(11-5-1)18-27-19-23(16-25-27)17-26-28(24-14-8-3-9-15-24)20-22-12-6-2-7-13-22/h1-17,19H,18,20H2/b26-17-. The van der Waals surface area contributed by atoms with Gasteiger partial charge >= 0.3 is 0 Å². The van der Waals surface area contributed by atoms with Gasteiger partial charge in [0.25, 0.3) is 0 Å². The molecule has 138 valence electrons.